The van der Waals surface area contributed by atoms with Crippen LogP contribution in [0, 0.1) is 11.8 Å². The minimum atomic E-state index is -0.664. The first kappa shape index (κ1) is 11.3. The van der Waals surface area contributed by atoms with Gasteiger partial charge in [0.05, 0.1) is 6.42 Å². The van der Waals surface area contributed by atoms with Gasteiger partial charge in [-0.2, -0.15) is 0 Å². The summed E-state index contributed by atoms with van der Waals surface area (Å²) in [7, 11) is 0. The normalized spacial score (nSPS) is 27.5. The third-order valence-electron chi connectivity index (χ3n) is 3.15. The van der Waals surface area contributed by atoms with Gasteiger partial charge in [0.25, 0.3) is 0 Å². The fourth-order valence-electron chi connectivity index (χ4n) is 2.43. The zero-order valence-electron chi connectivity index (χ0n) is 9.34. The molecule has 2 nitrogen and oxygen atoms in total. The molecule has 1 fully saturated rings. The average Bonchev–Trinajstić information content (AvgIpc) is 2.01. The molecule has 1 aliphatic carbocycles. The van der Waals surface area contributed by atoms with Crippen molar-refractivity contribution in [2.24, 2.45) is 11.8 Å². The maximum absolute atomic E-state index is 10.7. The molecule has 0 aromatic heterocycles. The Labute approximate surface area is 86.0 Å². The molecular formula is C12H20O2. The summed E-state index contributed by atoms with van der Waals surface area (Å²) in [6.45, 7) is 6.41. The van der Waals surface area contributed by atoms with E-state index in [-0.39, 0.29) is 0 Å². The first-order valence-electron chi connectivity index (χ1n) is 5.38. The third kappa shape index (κ3) is 2.86. The summed E-state index contributed by atoms with van der Waals surface area (Å²) in [5, 5.41) is 8.83. The van der Waals surface area contributed by atoms with Crippen molar-refractivity contribution in [1.29, 1.82) is 0 Å². The lowest BCUT2D eigenvalue weighted by atomic mass is 9.75. The van der Waals surface area contributed by atoms with E-state index in [1.165, 1.54) is 17.6 Å². The fourth-order valence-corrected chi connectivity index (χ4v) is 2.43. The molecule has 14 heavy (non-hydrogen) atoms. The van der Waals surface area contributed by atoms with Crippen molar-refractivity contribution in [2.45, 2.75) is 46.5 Å². The molecule has 0 aliphatic heterocycles. The lowest BCUT2D eigenvalue weighted by Crippen LogP contribution is -2.20. The summed E-state index contributed by atoms with van der Waals surface area (Å²) >= 11 is 0. The third-order valence-corrected chi connectivity index (χ3v) is 3.15. The second-order valence-corrected chi connectivity index (χ2v) is 4.70. The van der Waals surface area contributed by atoms with Crippen LogP contribution in [0.15, 0.2) is 11.1 Å². The van der Waals surface area contributed by atoms with Gasteiger partial charge in [-0.1, -0.05) is 18.1 Å². The largest absolute Gasteiger partial charge is 0.481 e. The molecule has 2 atom stereocenters. The molecule has 0 aromatic carbocycles. The molecule has 1 aliphatic rings. The molecule has 1 saturated carbocycles. The van der Waals surface area contributed by atoms with E-state index in [0.29, 0.717) is 18.3 Å². The van der Waals surface area contributed by atoms with Crippen LogP contribution in [0.4, 0.5) is 0 Å². The highest BCUT2D eigenvalue weighted by Crippen LogP contribution is 2.36. The van der Waals surface area contributed by atoms with Gasteiger partial charge in [-0.25, -0.2) is 0 Å². The monoisotopic (exact) mass is 196 g/mol. The van der Waals surface area contributed by atoms with Gasteiger partial charge in [0.15, 0.2) is 0 Å². The first-order chi connectivity index (χ1) is 6.50. The van der Waals surface area contributed by atoms with Crippen LogP contribution in [0.5, 0.6) is 0 Å². The van der Waals surface area contributed by atoms with Gasteiger partial charge in [-0.05, 0) is 44.9 Å². The topological polar surface area (TPSA) is 37.3 Å². The van der Waals surface area contributed by atoms with E-state index in [9.17, 15) is 4.79 Å². The molecule has 1 rings (SSSR count). The predicted molar refractivity (Wildman–Crippen MR) is 57.1 cm³/mol. The van der Waals surface area contributed by atoms with E-state index in [1.54, 1.807) is 0 Å². The molecule has 0 heterocycles. The molecular weight excluding hydrogens is 176 g/mol. The number of rotatable bonds is 2. The van der Waals surface area contributed by atoms with Gasteiger partial charge in [0.2, 0.25) is 0 Å². The molecule has 1 N–H and O–H groups in total. The Morgan fingerprint density at radius 2 is 2.14 bits per heavy atom. The Balaban J connectivity index is 2.74. The lowest BCUT2D eigenvalue weighted by Gasteiger charge is -2.30. The number of aliphatic carboxylic acids is 1. The maximum atomic E-state index is 10.7. The minimum Gasteiger partial charge on any atom is -0.481 e. The van der Waals surface area contributed by atoms with Gasteiger partial charge in [0, 0.05) is 0 Å². The Morgan fingerprint density at radius 3 is 2.64 bits per heavy atom. The zero-order valence-corrected chi connectivity index (χ0v) is 9.34. The van der Waals surface area contributed by atoms with Crippen molar-refractivity contribution in [3.8, 4) is 0 Å². The van der Waals surface area contributed by atoms with Crippen molar-refractivity contribution >= 4 is 5.97 Å². The van der Waals surface area contributed by atoms with Crippen LogP contribution in [-0.4, -0.2) is 11.1 Å². The van der Waals surface area contributed by atoms with Crippen LogP contribution in [-0.2, 0) is 4.79 Å². The molecule has 0 aromatic rings. The lowest BCUT2D eigenvalue weighted by molar-refractivity contribution is -0.138. The zero-order chi connectivity index (χ0) is 10.7. The summed E-state index contributed by atoms with van der Waals surface area (Å²) < 4.78 is 0. The minimum absolute atomic E-state index is 0.293. The molecule has 0 saturated heterocycles. The molecule has 0 spiro atoms. The summed E-state index contributed by atoms with van der Waals surface area (Å²) in [5.41, 5.74) is 2.72. The summed E-state index contributed by atoms with van der Waals surface area (Å²) in [6.07, 6.45) is 3.68. The van der Waals surface area contributed by atoms with E-state index in [1.807, 2.05) is 0 Å². The van der Waals surface area contributed by atoms with Crippen LogP contribution in [0.3, 0.4) is 0 Å². The second-order valence-electron chi connectivity index (χ2n) is 4.70. The van der Waals surface area contributed by atoms with Crippen molar-refractivity contribution in [1.82, 2.24) is 0 Å². The molecule has 2 unspecified atom stereocenters. The van der Waals surface area contributed by atoms with Gasteiger partial charge in [0.1, 0.15) is 0 Å². The molecule has 80 valence electrons. The number of carbonyl (C=O) groups is 1. The van der Waals surface area contributed by atoms with Crippen LogP contribution >= 0.6 is 0 Å². The first-order valence-corrected chi connectivity index (χ1v) is 5.38. The molecule has 0 amide bonds. The predicted octanol–water partition coefficient (Wildman–Crippen LogP) is 3.23. The molecule has 0 radical (unpaired) electrons. The van der Waals surface area contributed by atoms with Crippen LogP contribution < -0.4 is 0 Å². The van der Waals surface area contributed by atoms with Crippen molar-refractivity contribution in [3.05, 3.63) is 11.1 Å². The van der Waals surface area contributed by atoms with Crippen molar-refractivity contribution in [3.63, 3.8) is 0 Å². The number of allylic oxidation sites excluding steroid dienone is 2. The van der Waals surface area contributed by atoms with Gasteiger partial charge in [-0.3, -0.25) is 4.79 Å². The van der Waals surface area contributed by atoms with Gasteiger partial charge >= 0.3 is 5.97 Å². The highest BCUT2D eigenvalue weighted by Gasteiger charge is 2.25. The number of carboxylic acids is 1. The van der Waals surface area contributed by atoms with E-state index in [4.69, 9.17) is 5.11 Å². The smallest absolute Gasteiger partial charge is 0.303 e. The second kappa shape index (κ2) is 4.63. The SMILES string of the molecule is CC(C)=C1CCC(C)CC1CC(=O)O. The fraction of sp³-hybridized carbons (Fsp3) is 0.750. The molecule has 0 bridgehead atoms. The van der Waals surface area contributed by atoms with E-state index in [0.717, 1.165) is 12.8 Å². The standard InChI is InChI=1S/C12H20O2/c1-8(2)11-5-4-9(3)6-10(11)7-12(13)14/h9-10H,4-7H2,1-3H3,(H,13,14). The van der Waals surface area contributed by atoms with Crippen LogP contribution in [0.2, 0.25) is 0 Å². The quantitative estimate of drug-likeness (QED) is 0.688. The van der Waals surface area contributed by atoms with E-state index in [2.05, 4.69) is 20.8 Å². The average molecular weight is 196 g/mol. The Hall–Kier alpha value is -0.790. The van der Waals surface area contributed by atoms with E-state index >= 15 is 0 Å². The summed E-state index contributed by atoms with van der Waals surface area (Å²) in [4.78, 5) is 10.7. The summed E-state index contributed by atoms with van der Waals surface area (Å²) in [6, 6.07) is 0. The highest BCUT2D eigenvalue weighted by atomic mass is 16.4. The van der Waals surface area contributed by atoms with Crippen molar-refractivity contribution in [2.75, 3.05) is 0 Å². The number of hydrogen-bond acceptors (Lipinski definition) is 1. The van der Waals surface area contributed by atoms with Gasteiger partial charge in [-0.15, -0.1) is 0 Å². The maximum Gasteiger partial charge on any atom is 0.303 e. The number of hydrogen-bond donors (Lipinski definition) is 1. The molecule has 2 heteroatoms. The van der Waals surface area contributed by atoms with Crippen LogP contribution in [0.1, 0.15) is 46.5 Å². The summed E-state index contributed by atoms with van der Waals surface area (Å²) in [5.74, 6) is 0.312. The van der Waals surface area contributed by atoms with Gasteiger partial charge < -0.3 is 5.11 Å². The van der Waals surface area contributed by atoms with Crippen LogP contribution in [0.25, 0.3) is 0 Å². The highest BCUT2D eigenvalue weighted by molar-refractivity contribution is 5.67. The Bertz CT molecular complexity index is 249. The van der Waals surface area contributed by atoms with E-state index < -0.39 is 5.97 Å². The number of carboxylic acid groups (broad SMARTS) is 1. The Morgan fingerprint density at radius 1 is 1.50 bits per heavy atom. The Kier molecular flexibility index (Phi) is 3.73. The van der Waals surface area contributed by atoms with Crippen molar-refractivity contribution < 1.29 is 9.90 Å².